The Labute approximate surface area is 191 Å². The Hall–Kier alpha value is -1.58. The number of nitrogens with one attached hydrogen (secondary N) is 2. The summed E-state index contributed by atoms with van der Waals surface area (Å²) in [5.74, 6) is 1.70. The molecule has 0 bridgehead atoms. The number of hydrogen-bond donors (Lipinski definition) is 2. The summed E-state index contributed by atoms with van der Waals surface area (Å²) in [5.41, 5.74) is 1.08. The number of guanidine groups is 1. The fourth-order valence-corrected chi connectivity index (χ4v) is 3.80. The van der Waals surface area contributed by atoms with Crippen LogP contribution in [0.3, 0.4) is 0 Å². The van der Waals surface area contributed by atoms with Gasteiger partial charge in [-0.3, -0.25) is 4.79 Å². The summed E-state index contributed by atoms with van der Waals surface area (Å²) in [6, 6.07) is 4.21. The summed E-state index contributed by atoms with van der Waals surface area (Å²) in [5, 5.41) is 6.77. The molecule has 0 spiro atoms. The molecule has 1 saturated heterocycles. The van der Waals surface area contributed by atoms with E-state index in [0.717, 1.165) is 50.4 Å². The van der Waals surface area contributed by atoms with E-state index in [4.69, 9.17) is 9.73 Å². The minimum atomic E-state index is 0. The zero-order valence-electron chi connectivity index (χ0n) is 17.5. The minimum absolute atomic E-state index is 0. The molecule has 1 amide bonds. The van der Waals surface area contributed by atoms with Crippen LogP contribution in [-0.2, 0) is 11.3 Å². The summed E-state index contributed by atoms with van der Waals surface area (Å²) in [6.07, 6.45) is 8.35. The lowest BCUT2D eigenvalue weighted by atomic mass is 10.2. The van der Waals surface area contributed by atoms with Gasteiger partial charge in [0.25, 0.3) is 0 Å². The van der Waals surface area contributed by atoms with Crippen molar-refractivity contribution in [3.8, 4) is 5.88 Å². The highest BCUT2D eigenvalue weighted by molar-refractivity contribution is 14.0. The molecule has 1 atom stereocenters. The van der Waals surface area contributed by atoms with Gasteiger partial charge >= 0.3 is 0 Å². The smallest absolute Gasteiger partial charge is 0.222 e. The number of amides is 1. The number of carbonyl (C=O) groups excluding carboxylic acids is 1. The number of aliphatic imine (C=N–C) groups is 1. The maximum Gasteiger partial charge on any atom is 0.222 e. The highest BCUT2D eigenvalue weighted by Gasteiger charge is 2.25. The van der Waals surface area contributed by atoms with E-state index in [0.29, 0.717) is 24.9 Å². The molecule has 2 heterocycles. The minimum Gasteiger partial charge on any atom is -0.474 e. The molecule has 2 aliphatic rings. The Morgan fingerprint density at radius 2 is 2.10 bits per heavy atom. The van der Waals surface area contributed by atoms with Crippen LogP contribution in [0.15, 0.2) is 23.3 Å². The van der Waals surface area contributed by atoms with Crippen molar-refractivity contribution in [2.75, 3.05) is 19.6 Å². The lowest BCUT2D eigenvalue weighted by Crippen LogP contribution is -2.45. The van der Waals surface area contributed by atoms with Crippen molar-refractivity contribution in [3.63, 3.8) is 0 Å². The molecule has 7 nitrogen and oxygen atoms in total. The molecule has 1 aliphatic heterocycles. The van der Waals surface area contributed by atoms with E-state index in [-0.39, 0.29) is 35.9 Å². The van der Waals surface area contributed by atoms with Crippen LogP contribution in [0.5, 0.6) is 5.88 Å². The number of nitrogens with zero attached hydrogens (tertiary/aromatic N) is 3. The van der Waals surface area contributed by atoms with Gasteiger partial charge in [-0.2, -0.15) is 0 Å². The van der Waals surface area contributed by atoms with Crippen molar-refractivity contribution in [1.82, 2.24) is 20.5 Å². The Bertz CT molecular complexity index is 679. The molecule has 8 heteroatoms. The Morgan fingerprint density at radius 3 is 2.83 bits per heavy atom. The molecule has 1 unspecified atom stereocenters. The quantitative estimate of drug-likeness (QED) is 0.332. The molecule has 1 saturated carbocycles. The van der Waals surface area contributed by atoms with E-state index in [1.165, 1.54) is 12.8 Å². The number of carbonyl (C=O) groups is 1. The van der Waals surface area contributed by atoms with Crippen LogP contribution in [0.4, 0.5) is 0 Å². The number of rotatable bonds is 7. The number of ether oxygens (including phenoxy) is 1. The maximum absolute atomic E-state index is 11.9. The van der Waals surface area contributed by atoms with E-state index >= 15 is 0 Å². The van der Waals surface area contributed by atoms with Gasteiger partial charge in [-0.15, -0.1) is 24.0 Å². The van der Waals surface area contributed by atoms with Crippen molar-refractivity contribution in [2.45, 2.75) is 71.1 Å². The third kappa shape index (κ3) is 7.31. The molecule has 0 aromatic carbocycles. The lowest BCUT2D eigenvalue weighted by molar-refractivity contribution is -0.129. The molecule has 1 aromatic rings. The monoisotopic (exact) mass is 515 g/mol. The van der Waals surface area contributed by atoms with Gasteiger partial charge in [-0.1, -0.05) is 6.92 Å². The van der Waals surface area contributed by atoms with Gasteiger partial charge in [-0.25, -0.2) is 9.98 Å². The average Bonchev–Trinajstić information content (AvgIpc) is 3.38. The summed E-state index contributed by atoms with van der Waals surface area (Å²) in [7, 11) is 0. The number of halogens is 1. The molecule has 2 N–H and O–H groups in total. The molecule has 162 valence electrons. The zero-order chi connectivity index (χ0) is 19.8. The summed E-state index contributed by atoms with van der Waals surface area (Å²) in [6.45, 7) is 6.88. The highest BCUT2D eigenvalue weighted by atomic mass is 127. The number of hydrogen-bond acceptors (Lipinski definition) is 4. The predicted octanol–water partition coefficient (Wildman–Crippen LogP) is 3.09. The number of pyridine rings is 1. The Balaban J connectivity index is 0.00000300. The fourth-order valence-electron chi connectivity index (χ4n) is 3.80. The molecule has 2 fully saturated rings. The van der Waals surface area contributed by atoms with Crippen molar-refractivity contribution in [2.24, 2.45) is 4.99 Å². The van der Waals surface area contributed by atoms with Crippen LogP contribution in [0, 0.1) is 0 Å². The van der Waals surface area contributed by atoms with Gasteiger partial charge in [0.2, 0.25) is 11.8 Å². The van der Waals surface area contributed by atoms with E-state index < -0.39 is 0 Å². The van der Waals surface area contributed by atoms with Crippen LogP contribution >= 0.6 is 24.0 Å². The standard InChI is InChI=1S/C21H33N5O2.HI/c1-3-20(27)26-12-10-17(15-26)25-21(22-4-2)24-14-16-9-11-23-19(13-16)28-18-7-5-6-8-18;/h9,11,13,17-18H,3-8,10,12,14-15H2,1-2H3,(H2,22,24,25);1H. The molecule has 1 aromatic heterocycles. The number of aromatic nitrogens is 1. The maximum atomic E-state index is 11.9. The van der Waals surface area contributed by atoms with Crippen molar-refractivity contribution in [3.05, 3.63) is 23.9 Å². The van der Waals surface area contributed by atoms with Gasteiger partial charge in [0.05, 0.1) is 6.54 Å². The van der Waals surface area contributed by atoms with Crippen molar-refractivity contribution >= 4 is 35.8 Å². The Morgan fingerprint density at radius 1 is 1.31 bits per heavy atom. The van der Waals surface area contributed by atoms with Crippen LogP contribution in [0.1, 0.15) is 57.9 Å². The van der Waals surface area contributed by atoms with Crippen molar-refractivity contribution in [1.29, 1.82) is 0 Å². The fraction of sp³-hybridized carbons (Fsp3) is 0.667. The molecule has 29 heavy (non-hydrogen) atoms. The van der Waals surface area contributed by atoms with Gasteiger partial charge in [0, 0.05) is 44.4 Å². The van der Waals surface area contributed by atoms with Gasteiger partial charge in [0.15, 0.2) is 5.96 Å². The molecule has 1 aliphatic carbocycles. The van der Waals surface area contributed by atoms with Gasteiger partial charge in [0.1, 0.15) is 6.10 Å². The molecular formula is C21H34IN5O2. The largest absolute Gasteiger partial charge is 0.474 e. The first-order chi connectivity index (χ1) is 13.7. The Kier molecular flexibility index (Phi) is 9.96. The molecular weight excluding hydrogens is 481 g/mol. The van der Waals surface area contributed by atoms with Crippen LogP contribution in [-0.4, -0.2) is 53.5 Å². The van der Waals surface area contributed by atoms with E-state index in [1.54, 1.807) is 6.20 Å². The predicted molar refractivity (Wildman–Crippen MR) is 126 cm³/mol. The third-order valence-electron chi connectivity index (χ3n) is 5.34. The third-order valence-corrected chi connectivity index (χ3v) is 5.34. The summed E-state index contributed by atoms with van der Waals surface area (Å²) < 4.78 is 5.99. The van der Waals surface area contributed by atoms with E-state index in [2.05, 4.69) is 22.5 Å². The summed E-state index contributed by atoms with van der Waals surface area (Å²) in [4.78, 5) is 22.9. The van der Waals surface area contributed by atoms with Crippen LogP contribution in [0.25, 0.3) is 0 Å². The molecule has 0 radical (unpaired) electrons. The first-order valence-corrected chi connectivity index (χ1v) is 10.6. The van der Waals surface area contributed by atoms with Crippen LogP contribution in [0.2, 0.25) is 0 Å². The topological polar surface area (TPSA) is 78.9 Å². The highest BCUT2D eigenvalue weighted by Crippen LogP contribution is 2.23. The van der Waals surface area contributed by atoms with E-state index in [9.17, 15) is 4.79 Å². The summed E-state index contributed by atoms with van der Waals surface area (Å²) >= 11 is 0. The number of likely N-dealkylation sites (tertiary alicyclic amines) is 1. The second-order valence-corrected chi connectivity index (χ2v) is 7.55. The lowest BCUT2D eigenvalue weighted by Gasteiger charge is -2.18. The van der Waals surface area contributed by atoms with Crippen LogP contribution < -0.4 is 15.4 Å². The molecule has 3 rings (SSSR count). The second-order valence-electron chi connectivity index (χ2n) is 7.55. The first kappa shape index (κ1) is 23.7. The zero-order valence-corrected chi connectivity index (χ0v) is 19.9. The van der Waals surface area contributed by atoms with Gasteiger partial charge < -0.3 is 20.3 Å². The average molecular weight is 515 g/mol. The second kappa shape index (κ2) is 12.2. The van der Waals surface area contributed by atoms with Gasteiger partial charge in [-0.05, 0) is 50.7 Å². The normalized spacial score (nSPS) is 19.7. The SMILES string of the molecule is CCNC(=NCc1ccnc(OC2CCCC2)c1)NC1CCN(C(=O)CC)C1.I. The van der Waals surface area contributed by atoms with E-state index in [1.807, 2.05) is 24.0 Å². The van der Waals surface area contributed by atoms with Crippen molar-refractivity contribution < 1.29 is 9.53 Å². The first-order valence-electron chi connectivity index (χ1n) is 10.6.